The predicted molar refractivity (Wildman–Crippen MR) is 85.5 cm³/mol. The van der Waals surface area contributed by atoms with Crippen molar-refractivity contribution in [3.8, 4) is 0 Å². The molecular weight excluding hydrogens is 262 g/mol. The Bertz CT molecular complexity index is 626. The number of aromatic amines is 1. The number of likely N-dealkylation sites (tertiary alicyclic amines) is 1. The molecule has 1 fully saturated rings. The van der Waals surface area contributed by atoms with Crippen LogP contribution >= 0.6 is 0 Å². The Labute approximate surface area is 125 Å². The Hall–Kier alpha value is -1.81. The number of fused-ring (bicyclic) bond motifs is 1. The van der Waals surface area contributed by atoms with Crippen molar-refractivity contribution in [1.29, 1.82) is 0 Å². The Morgan fingerprint density at radius 3 is 2.76 bits per heavy atom. The first-order valence-corrected chi connectivity index (χ1v) is 7.76. The summed E-state index contributed by atoms with van der Waals surface area (Å²) in [5, 5.41) is 1.01. The number of nitrogens with zero attached hydrogens (tertiary/aromatic N) is 2. The third-order valence-electron chi connectivity index (χ3n) is 4.69. The molecule has 1 amide bonds. The van der Waals surface area contributed by atoms with Crippen LogP contribution in [0.4, 0.5) is 0 Å². The molecule has 112 valence electrons. The van der Waals surface area contributed by atoms with E-state index >= 15 is 0 Å². The zero-order valence-corrected chi connectivity index (χ0v) is 12.8. The van der Waals surface area contributed by atoms with Crippen molar-refractivity contribution in [2.75, 3.05) is 26.7 Å². The SMILES string of the molecule is CCN1CCC(N(C)C(=O)c2c[nH]c3ccccc23)CC1. The van der Waals surface area contributed by atoms with Crippen LogP contribution in [0.25, 0.3) is 10.9 Å². The number of hydrogen-bond donors (Lipinski definition) is 1. The summed E-state index contributed by atoms with van der Waals surface area (Å²) in [6.45, 7) is 5.48. The lowest BCUT2D eigenvalue weighted by molar-refractivity contribution is 0.0649. The second-order valence-corrected chi connectivity index (χ2v) is 5.83. The number of hydrogen-bond acceptors (Lipinski definition) is 2. The molecule has 0 saturated carbocycles. The van der Waals surface area contributed by atoms with E-state index in [1.807, 2.05) is 42.4 Å². The van der Waals surface area contributed by atoms with Crippen LogP contribution < -0.4 is 0 Å². The van der Waals surface area contributed by atoms with Gasteiger partial charge in [0.05, 0.1) is 5.56 Å². The Balaban J connectivity index is 1.76. The van der Waals surface area contributed by atoms with Crippen LogP contribution in [0.15, 0.2) is 30.5 Å². The molecule has 1 saturated heterocycles. The van der Waals surface area contributed by atoms with Gasteiger partial charge in [-0.15, -0.1) is 0 Å². The van der Waals surface area contributed by atoms with E-state index in [4.69, 9.17) is 0 Å². The molecule has 1 aromatic heterocycles. The summed E-state index contributed by atoms with van der Waals surface area (Å²) < 4.78 is 0. The largest absolute Gasteiger partial charge is 0.360 e. The Morgan fingerprint density at radius 2 is 2.05 bits per heavy atom. The van der Waals surface area contributed by atoms with Crippen molar-refractivity contribution < 1.29 is 4.79 Å². The highest BCUT2D eigenvalue weighted by Gasteiger charge is 2.26. The van der Waals surface area contributed by atoms with Crippen LogP contribution in [0.3, 0.4) is 0 Å². The number of H-pyrrole nitrogens is 1. The van der Waals surface area contributed by atoms with Gasteiger partial charge in [0, 0.05) is 43.3 Å². The third kappa shape index (κ3) is 2.68. The number of carbonyl (C=O) groups is 1. The summed E-state index contributed by atoms with van der Waals surface area (Å²) in [5.74, 6) is 0.127. The number of aromatic nitrogens is 1. The highest BCUT2D eigenvalue weighted by Crippen LogP contribution is 2.22. The maximum absolute atomic E-state index is 12.8. The second kappa shape index (κ2) is 5.90. The monoisotopic (exact) mass is 285 g/mol. The van der Waals surface area contributed by atoms with Gasteiger partial charge in [-0.05, 0) is 25.5 Å². The first-order chi connectivity index (χ1) is 10.2. The third-order valence-corrected chi connectivity index (χ3v) is 4.69. The molecule has 2 aromatic rings. The second-order valence-electron chi connectivity index (χ2n) is 5.83. The lowest BCUT2D eigenvalue weighted by Gasteiger charge is -2.36. The molecule has 0 radical (unpaired) electrons. The van der Waals surface area contributed by atoms with Gasteiger partial charge in [-0.3, -0.25) is 4.79 Å². The van der Waals surface area contributed by atoms with Crippen LogP contribution in [0, 0.1) is 0 Å². The summed E-state index contributed by atoms with van der Waals surface area (Å²) >= 11 is 0. The number of rotatable bonds is 3. The highest BCUT2D eigenvalue weighted by molar-refractivity contribution is 6.06. The smallest absolute Gasteiger partial charge is 0.256 e. The maximum Gasteiger partial charge on any atom is 0.256 e. The number of para-hydroxylation sites is 1. The fraction of sp³-hybridized carbons (Fsp3) is 0.471. The molecule has 4 nitrogen and oxygen atoms in total. The fourth-order valence-electron chi connectivity index (χ4n) is 3.23. The molecule has 0 spiro atoms. The molecular formula is C17H23N3O. The minimum Gasteiger partial charge on any atom is -0.360 e. The number of benzene rings is 1. The van der Waals surface area contributed by atoms with Crippen LogP contribution in [0.2, 0.25) is 0 Å². The van der Waals surface area contributed by atoms with Gasteiger partial charge in [0.25, 0.3) is 5.91 Å². The molecule has 4 heteroatoms. The minimum atomic E-state index is 0.127. The van der Waals surface area contributed by atoms with Crippen LogP contribution in [-0.4, -0.2) is 53.4 Å². The molecule has 2 heterocycles. The van der Waals surface area contributed by atoms with E-state index in [2.05, 4.69) is 16.8 Å². The fourth-order valence-corrected chi connectivity index (χ4v) is 3.23. The number of amides is 1. The molecule has 1 aromatic carbocycles. The minimum absolute atomic E-state index is 0.127. The predicted octanol–water partition coefficient (Wildman–Crippen LogP) is 2.72. The number of carbonyl (C=O) groups excluding carboxylic acids is 1. The van der Waals surface area contributed by atoms with E-state index in [0.717, 1.165) is 48.9 Å². The maximum atomic E-state index is 12.8. The van der Waals surface area contributed by atoms with Gasteiger partial charge in [0.2, 0.25) is 0 Å². The zero-order valence-electron chi connectivity index (χ0n) is 12.8. The van der Waals surface area contributed by atoms with Crippen molar-refractivity contribution in [3.05, 3.63) is 36.0 Å². The molecule has 0 bridgehead atoms. The van der Waals surface area contributed by atoms with E-state index in [0.29, 0.717) is 6.04 Å². The van der Waals surface area contributed by atoms with E-state index in [1.54, 1.807) is 0 Å². The summed E-state index contributed by atoms with van der Waals surface area (Å²) in [6, 6.07) is 8.33. The first-order valence-electron chi connectivity index (χ1n) is 7.76. The van der Waals surface area contributed by atoms with Gasteiger partial charge in [-0.1, -0.05) is 25.1 Å². The van der Waals surface area contributed by atoms with Gasteiger partial charge >= 0.3 is 0 Å². The van der Waals surface area contributed by atoms with Crippen LogP contribution in [0.1, 0.15) is 30.1 Å². The standard InChI is InChI=1S/C17H23N3O/c1-3-20-10-8-13(9-11-20)19(2)17(21)15-12-18-16-7-5-4-6-14(15)16/h4-7,12-13,18H,3,8-11H2,1-2H3. The van der Waals surface area contributed by atoms with Gasteiger partial charge < -0.3 is 14.8 Å². The highest BCUT2D eigenvalue weighted by atomic mass is 16.2. The average molecular weight is 285 g/mol. The molecule has 1 aliphatic heterocycles. The van der Waals surface area contributed by atoms with Crippen molar-refractivity contribution in [1.82, 2.24) is 14.8 Å². The molecule has 3 rings (SSSR count). The van der Waals surface area contributed by atoms with E-state index in [9.17, 15) is 4.79 Å². The lowest BCUT2D eigenvalue weighted by atomic mass is 10.0. The Morgan fingerprint density at radius 1 is 1.33 bits per heavy atom. The summed E-state index contributed by atoms with van der Waals surface area (Å²) in [7, 11) is 1.94. The topological polar surface area (TPSA) is 39.3 Å². The molecule has 0 unspecified atom stereocenters. The quantitative estimate of drug-likeness (QED) is 0.942. The van der Waals surface area contributed by atoms with E-state index in [-0.39, 0.29) is 5.91 Å². The van der Waals surface area contributed by atoms with Crippen LogP contribution in [0.5, 0.6) is 0 Å². The molecule has 1 aliphatic rings. The van der Waals surface area contributed by atoms with Crippen LogP contribution in [-0.2, 0) is 0 Å². The summed E-state index contributed by atoms with van der Waals surface area (Å²) in [5.41, 5.74) is 1.81. The normalized spacial score (nSPS) is 17.2. The van der Waals surface area contributed by atoms with Crippen molar-refractivity contribution in [2.45, 2.75) is 25.8 Å². The lowest BCUT2D eigenvalue weighted by Crippen LogP contribution is -2.45. The molecule has 21 heavy (non-hydrogen) atoms. The Kier molecular flexibility index (Phi) is 3.97. The van der Waals surface area contributed by atoms with Crippen molar-refractivity contribution in [2.24, 2.45) is 0 Å². The molecule has 0 aliphatic carbocycles. The van der Waals surface area contributed by atoms with E-state index in [1.165, 1.54) is 0 Å². The zero-order chi connectivity index (χ0) is 14.8. The number of piperidine rings is 1. The number of nitrogens with one attached hydrogen (secondary N) is 1. The average Bonchev–Trinajstić information content (AvgIpc) is 2.97. The van der Waals surface area contributed by atoms with E-state index < -0.39 is 0 Å². The van der Waals surface area contributed by atoms with Gasteiger partial charge in [-0.2, -0.15) is 0 Å². The first kappa shape index (κ1) is 14.1. The summed E-state index contributed by atoms with van der Waals surface area (Å²) in [6.07, 6.45) is 3.97. The van der Waals surface area contributed by atoms with Gasteiger partial charge in [0.15, 0.2) is 0 Å². The molecule has 1 N–H and O–H groups in total. The van der Waals surface area contributed by atoms with Crippen molar-refractivity contribution >= 4 is 16.8 Å². The van der Waals surface area contributed by atoms with Gasteiger partial charge in [-0.25, -0.2) is 0 Å². The van der Waals surface area contributed by atoms with Gasteiger partial charge in [0.1, 0.15) is 0 Å². The summed E-state index contributed by atoms with van der Waals surface area (Å²) in [4.78, 5) is 20.3. The molecule has 0 atom stereocenters. The van der Waals surface area contributed by atoms with Crippen molar-refractivity contribution in [3.63, 3.8) is 0 Å².